The molecule has 6 nitrogen and oxygen atoms in total. The van der Waals surface area contributed by atoms with Crippen LogP contribution in [0.4, 0.5) is 20.2 Å². The third kappa shape index (κ3) is 4.23. The van der Waals surface area contributed by atoms with Gasteiger partial charge in [-0.05, 0) is 25.5 Å². The molecular weight excluding hydrogens is 272 g/mol. The summed E-state index contributed by atoms with van der Waals surface area (Å²) in [6.45, 7) is 0.506. The maximum absolute atomic E-state index is 13.5. The summed E-state index contributed by atoms with van der Waals surface area (Å²) in [5.41, 5.74) is 3.87. The average Bonchev–Trinajstić information content (AvgIpc) is 2.40. The number of carbonyl (C=O) groups excluding carboxylic acids is 1. The molecule has 3 N–H and O–H groups in total. The number of halogens is 2. The number of nitro benzene ring substituents is 1. The number of unbranched alkanes of at least 4 members (excludes halogenated alkanes) is 2. The quantitative estimate of drug-likeness (QED) is 0.457. The molecule has 8 heteroatoms. The first-order chi connectivity index (χ1) is 9.47. The molecule has 110 valence electrons. The fourth-order valence-corrected chi connectivity index (χ4v) is 1.62. The van der Waals surface area contributed by atoms with Crippen molar-refractivity contribution < 1.29 is 18.5 Å². The third-order valence-electron chi connectivity index (χ3n) is 2.64. The highest BCUT2D eigenvalue weighted by Gasteiger charge is 2.23. The molecule has 0 aromatic heterocycles. The van der Waals surface area contributed by atoms with Crippen molar-refractivity contribution in [1.29, 1.82) is 0 Å². The summed E-state index contributed by atoms with van der Waals surface area (Å²) in [6, 6.07) is 1.45. The minimum Gasteiger partial charge on any atom is -0.330 e. The van der Waals surface area contributed by atoms with E-state index >= 15 is 0 Å². The predicted molar refractivity (Wildman–Crippen MR) is 69.2 cm³/mol. The molecule has 1 amide bonds. The molecule has 0 aliphatic heterocycles. The smallest absolute Gasteiger partial charge is 0.296 e. The first-order valence-corrected chi connectivity index (χ1v) is 6.09. The Balaban J connectivity index is 2.78. The van der Waals surface area contributed by atoms with E-state index in [1.54, 1.807) is 0 Å². The molecule has 0 radical (unpaired) electrons. The van der Waals surface area contributed by atoms with Crippen LogP contribution in [0.1, 0.15) is 25.7 Å². The van der Waals surface area contributed by atoms with Crippen molar-refractivity contribution in [3.63, 3.8) is 0 Å². The maximum Gasteiger partial charge on any atom is 0.296 e. The van der Waals surface area contributed by atoms with Gasteiger partial charge in [-0.1, -0.05) is 6.42 Å². The van der Waals surface area contributed by atoms with Gasteiger partial charge in [-0.3, -0.25) is 14.9 Å². The maximum atomic E-state index is 13.5. The van der Waals surface area contributed by atoms with E-state index < -0.39 is 33.8 Å². The fourth-order valence-electron chi connectivity index (χ4n) is 1.62. The number of amides is 1. The lowest BCUT2D eigenvalue weighted by Crippen LogP contribution is -2.14. The van der Waals surface area contributed by atoms with Gasteiger partial charge in [-0.15, -0.1) is 0 Å². The molecule has 0 atom stereocenters. The van der Waals surface area contributed by atoms with Crippen LogP contribution in [0.5, 0.6) is 0 Å². The zero-order valence-electron chi connectivity index (χ0n) is 10.7. The van der Waals surface area contributed by atoms with Crippen LogP contribution in [0.3, 0.4) is 0 Å². The summed E-state index contributed by atoms with van der Waals surface area (Å²) < 4.78 is 26.6. The van der Waals surface area contributed by atoms with Crippen LogP contribution in [0.15, 0.2) is 12.1 Å². The summed E-state index contributed by atoms with van der Waals surface area (Å²) in [6.07, 6.45) is 2.06. The molecule has 0 aliphatic carbocycles. The van der Waals surface area contributed by atoms with Gasteiger partial charge in [0.15, 0.2) is 17.3 Å². The zero-order valence-corrected chi connectivity index (χ0v) is 10.7. The molecule has 0 fully saturated rings. The Labute approximate surface area is 114 Å². The van der Waals surface area contributed by atoms with E-state index in [9.17, 15) is 23.7 Å². The van der Waals surface area contributed by atoms with Crippen LogP contribution in [-0.2, 0) is 4.79 Å². The SMILES string of the molecule is NCCCCCC(=O)Nc1c([N+](=O)[O-])ccc(F)c1F. The monoisotopic (exact) mass is 287 g/mol. The van der Waals surface area contributed by atoms with Crippen molar-refractivity contribution in [3.05, 3.63) is 33.9 Å². The molecule has 1 rings (SSSR count). The molecule has 20 heavy (non-hydrogen) atoms. The van der Waals surface area contributed by atoms with Crippen molar-refractivity contribution in [1.82, 2.24) is 0 Å². The number of hydrogen-bond acceptors (Lipinski definition) is 4. The van der Waals surface area contributed by atoms with Crippen LogP contribution < -0.4 is 11.1 Å². The van der Waals surface area contributed by atoms with Gasteiger partial charge in [0.05, 0.1) is 4.92 Å². The Morgan fingerprint density at radius 3 is 2.60 bits per heavy atom. The normalized spacial score (nSPS) is 10.3. The second kappa shape index (κ2) is 7.49. The lowest BCUT2D eigenvalue weighted by molar-refractivity contribution is -0.384. The number of nitrogens with one attached hydrogen (secondary N) is 1. The number of anilines is 1. The van der Waals surface area contributed by atoms with Gasteiger partial charge < -0.3 is 11.1 Å². The highest BCUT2D eigenvalue weighted by atomic mass is 19.2. The minimum absolute atomic E-state index is 0.0626. The van der Waals surface area contributed by atoms with Gasteiger partial charge in [0.25, 0.3) is 5.69 Å². The number of carbonyl (C=O) groups is 1. The number of rotatable bonds is 7. The van der Waals surface area contributed by atoms with Gasteiger partial charge in [-0.25, -0.2) is 8.78 Å². The van der Waals surface area contributed by atoms with E-state index in [2.05, 4.69) is 5.32 Å². The Morgan fingerprint density at radius 1 is 1.30 bits per heavy atom. The summed E-state index contributed by atoms with van der Waals surface area (Å²) in [5.74, 6) is -3.29. The van der Waals surface area contributed by atoms with Gasteiger partial charge >= 0.3 is 0 Å². The van der Waals surface area contributed by atoms with Crippen molar-refractivity contribution >= 4 is 17.3 Å². The van der Waals surface area contributed by atoms with Gasteiger partial charge in [0.1, 0.15) is 0 Å². The first kappa shape index (κ1) is 16.0. The Morgan fingerprint density at radius 2 is 2.00 bits per heavy atom. The van der Waals surface area contributed by atoms with Crippen LogP contribution in [0.25, 0.3) is 0 Å². The Hall–Kier alpha value is -2.09. The van der Waals surface area contributed by atoms with Crippen LogP contribution in [-0.4, -0.2) is 17.4 Å². The van der Waals surface area contributed by atoms with E-state index in [0.717, 1.165) is 18.9 Å². The second-order valence-electron chi connectivity index (χ2n) is 4.16. The average molecular weight is 287 g/mol. The molecule has 0 saturated carbocycles. The number of hydrogen-bond donors (Lipinski definition) is 2. The van der Waals surface area contributed by atoms with Crippen molar-refractivity contribution in [3.8, 4) is 0 Å². The van der Waals surface area contributed by atoms with E-state index in [4.69, 9.17) is 5.73 Å². The molecule has 0 spiro atoms. The van der Waals surface area contributed by atoms with Crippen molar-refractivity contribution in [2.24, 2.45) is 5.73 Å². The van der Waals surface area contributed by atoms with Gasteiger partial charge in [0, 0.05) is 12.5 Å². The largest absolute Gasteiger partial charge is 0.330 e. The number of nitro groups is 1. The zero-order chi connectivity index (χ0) is 15.1. The predicted octanol–water partition coefficient (Wildman–Crippen LogP) is 2.33. The molecule has 0 bridgehead atoms. The van der Waals surface area contributed by atoms with E-state index in [-0.39, 0.29) is 6.42 Å². The van der Waals surface area contributed by atoms with E-state index in [1.165, 1.54) is 0 Å². The van der Waals surface area contributed by atoms with Crippen LogP contribution in [0.2, 0.25) is 0 Å². The summed E-state index contributed by atoms with van der Waals surface area (Å²) in [7, 11) is 0. The topological polar surface area (TPSA) is 98.3 Å². The van der Waals surface area contributed by atoms with E-state index in [1.807, 2.05) is 0 Å². The molecule has 0 aliphatic rings. The molecule has 0 unspecified atom stereocenters. The van der Waals surface area contributed by atoms with E-state index in [0.29, 0.717) is 19.0 Å². The molecular formula is C12H15F2N3O3. The molecule has 0 heterocycles. The highest BCUT2D eigenvalue weighted by Crippen LogP contribution is 2.29. The Kier molecular flexibility index (Phi) is 5.98. The van der Waals surface area contributed by atoms with Gasteiger partial charge in [-0.2, -0.15) is 0 Å². The summed E-state index contributed by atoms with van der Waals surface area (Å²) in [4.78, 5) is 21.4. The number of nitrogens with two attached hydrogens (primary N) is 1. The molecule has 0 saturated heterocycles. The third-order valence-corrected chi connectivity index (χ3v) is 2.64. The lowest BCUT2D eigenvalue weighted by atomic mass is 10.2. The lowest BCUT2D eigenvalue weighted by Gasteiger charge is -2.07. The minimum atomic E-state index is -1.44. The first-order valence-electron chi connectivity index (χ1n) is 6.09. The molecule has 1 aromatic carbocycles. The summed E-state index contributed by atoms with van der Waals surface area (Å²) >= 11 is 0. The standard InChI is InChI=1S/C12H15F2N3O3/c13-8-5-6-9(17(19)20)12(11(8)14)16-10(18)4-2-1-3-7-15/h5-6H,1-4,7,15H2,(H,16,18). The van der Waals surface area contributed by atoms with Crippen LogP contribution >= 0.6 is 0 Å². The van der Waals surface area contributed by atoms with Gasteiger partial charge in [0.2, 0.25) is 5.91 Å². The number of nitrogens with zero attached hydrogens (tertiary/aromatic N) is 1. The summed E-state index contributed by atoms with van der Waals surface area (Å²) in [5, 5.41) is 12.8. The fraction of sp³-hybridized carbons (Fsp3) is 0.417. The highest BCUT2D eigenvalue weighted by molar-refractivity contribution is 5.93. The Bertz CT molecular complexity index is 509. The van der Waals surface area contributed by atoms with Crippen molar-refractivity contribution in [2.45, 2.75) is 25.7 Å². The molecule has 1 aromatic rings. The number of benzene rings is 1. The second-order valence-corrected chi connectivity index (χ2v) is 4.16. The van der Waals surface area contributed by atoms with Crippen LogP contribution in [0, 0.1) is 21.7 Å². The van der Waals surface area contributed by atoms with Crippen molar-refractivity contribution in [2.75, 3.05) is 11.9 Å².